The van der Waals surface area contributed by atoms with Crippen molar-refractivity contribution >= 4 is 51.8 Å². The molecule has 2 aliphatic rings. The van der Waals surface area contributed by atoms with Gasteiger partial charge >= 0.3 is 0 Å². The van der Waals surface area contributed by atoms with E-state index in [-0.39, 0.29) is 30.7 Å². The van der Waals surface area contributed by atoms with Gasteiger partial charge in [-0.05, 0) is 89.9 Å². The molecule has 1 aliphatic carbocycles. The molecule has 4 atom stereocenters. The zero-order valence-corrected chi connectivity index (χ0v) is 25.5. The second-order valence-corrected chi connectivity index (χ2v) is 12.6. The third-order valence-corrected chi connectivity index (χ3v) is 9.46. The SMILES string of the molecule is CCCC1=C([C@H](O)CC/C(C)=C/c2cc(I)c(O)c(OC)c2)[C@H](CO)[C@@H]2C(=O)N(Cc3cccs3)C(=O)[C@@H]2C1. The van der Waals surface area contributed by atoms with Gasteiger partial charge < -0.3 is 20.1 Å². The first-order valence-corrected chi connectivity index (χ1v) is 15.3. The van der Waals surface area contributed by atoms with Crippen LogP contribution in [-0.2, 0) is 16.1 Å². The van der Waals surface area contributed by atoms with Crippen LogP contribution in [0.3, 0.4) is 0 Å². The lowest BCUT2D eigenvalue weighted by molar-refractivity contribution is -0.140. The van der Waals surface area contributed by atoms with Crippen LogP contribution in [0.5, 0.6) is 11.5 Å². The molecule has 0 bridgehead atoms. The van der Waals surface area contributed by atoms with E-state index in [9.17, 15) is 24.9 Å². The first kappa shape index (κ1) is 29.8. The molecule has 0 saturated carbocycles. The molecule has 210 valence electrons. The molecule has 0 radical (unpaired) electrons. The molecule has 9 heteroatoms. The zero-order chi connectivity index (χ0) is 28.3. The van der Waals surface area contributed by atoms with E-state index in [1.54, 1.807) is 6.07 Å². The molecule has 2 amide bonds. The zero-order valence-electron chi connectivity index (χ0n) is 22.5. The summed E-state index contributed by atoms with van der Waals surface area (Å²) in [6.07, 6.45) is 4.24. The highest BCUT2D eigenvalue weighted by atomic mass is 127. The number of ether oxygens (including phenoxy) is 1. The van der Waals surface area contributed by atoms with Gasteiger partial charge in [-0.2, -0.15) is 0 Å². The maximum Gasteiger partial charge on any atom is 0.234 e. The quantitative estimate of drug-likeness (QED) is 0.166. The number of carbonyl (C=O) groups is 2. The Bertz CT molecular complexity index is 1270. The van der Waals surface area contributed by atoms with Crippen LogP contribution >= 0.6 is 33.9 Å². The Morgan fingerprint density at radius 3 is 2.72 bits per heavy atom. The van der Waals surface area contributed by atoms with Crippen LogP contribution in [0.25, 0.3) is 6.08 Å². The smallest absolute Gasteiger partial charge is 0.234 e. The van der Waals surface area contributed by atoms with Gasteiger partial charge in [-0.15, -0.1) is 11.3 Å². The predicted molar refractivity (Wildman–Crippen MR) is 160 cm³/mol. The molecule has 1 aromatic heterocycles. The predicted octanol–water partition coefficient (Wildman–Crippen LogP) is 5.52. The van der Waals surface area contributed by atoms with E-state index in [0.29, 0.717) is 28.6 Å². The molecule has 7 nitrogen and oxygen atoms in total. The van der Waals surface area contributed by atoms with Gasteiger partial charge in [-0.3, -0.25) is 14.5 Å². The van der Waals surface area contributed by atoms with E-state index < -0.39 is 23.9 Å². The molecule has 1 saturated heterocycles. The van der Waals surface area contributed by atoms with Gasteiger partial charge in [0.15, 0.2) is 11.5 Å². The number of nitrogens with zero attached hydrogens (tertiary/aromatic N) is 1. The normalized spacial score (nSPS) is 22.5. The summed E-state index contributed by atoms with van der Waals surface area (Å²) in [5.41, 5.74) is 3.68. The Labute approximate surface area is 247 Å². The number of phenols is 1. The van der Waals surface area contributed by atoms with Crippen molar-refractivity contribution in [3.63, 3.8) is 0 Å². The molecule has 39 heavy (non-hydrogen) atoms. The van der Waals surface area contributed by atoms with Crippen LogP contribution in [0, 0.1) is 21.3 Å². The van der Waals surface area contributed by atoms with Gasteiger partial charge in [-0.25, -0.2) is 0 Å². The molecule has 4 rings (SSSR count). The maximum atomic E-state index is 13.5. The van der Waals surface area contributed by atoms with Gasteiger partial charge in [0.25, 0.3) is 0 Å². The summed E-state index contributed by atoms with van der Waals surface area (Å²) < 4.78 is 5.95. The maximum absolute atomic E-state index is 13.5. The highest BCUT2D eigenvalue weighted by Crippen LogP contribution is 2.47. The number of likely N-dealkylation sites (tertiary alicyclic amines) is 1. The molecule has 2 aromatic rings. The van der Waals surface area contributed by atoms with Crippen molar-refractivity contribution in [2.24, 2.45) is 17.8 Å². The summed E-state index contributed by atoms with van der Waals surface area (Å²) in [5, 5.41) is 34.0. The number of aliphatic hydroxyl groups excluding tert-OH is 2. The number of allylic oxidation sites excluding steroid dienone is 2. The van der Waals surface area contributed by atoms with Crippen LogP contribution < -0.4 is 4.74 Å². The third kappa shape index (κ3) is 6.26. The molecule has 1 fully saturated rings. The lowest BCUT2D eigenvalue weighted by atomic mass is 9.67. The Balaban J connectivity index is 1.54. The van der Waals surface area contributed by atoms with Crippen LogP contribution in [-0.4, -0.2) is 51.9 Å². The van der Waals surface area contributed by atoms with E-state index in [0.717, 1.165) is 40.0 Å². The van der Waals surface area contributed by atoms with Crippen molar-refractivity contribution in [1.82, 2.24) is 4.90 Å². The summed E-state index contributed by atoms with van der Waals surface area (Å²) in [4.78, 5) is 29.2. The Morgan fingerprint density at radius 1 is 1.31 bits per heavy atom. The topological polar surface area (TPSA) is 107 Å². The lowest BCUT2D eigenvalue weighted by Crippen LogP contribution is -2.39. The molecule has 0 unspecified atom stereocenters. The van der Waals surface area contributed by atoms with E-state index in [2.05, 4.69) is 29.5 Å². The van der Waals surface area contributed by atoms with Crippen molar-refractivity contribution in [3.05, 3.63) is 60.4 Å². The molecular weight excluding hydrogens is 629 g/mol. The average molecular weight is 666 g/mol. The van der Waals surface area contributed by atoms with Crippen molar-refractivity contribution < 1.29 is 29.6 Å². The van der Waals surface area contributed by atoms with Crippen LogP contribution in [0.2, 0.25) is 0 Å². The van der Waals surface area contributed by atoms with Crippen LogP contribution in [0.1, 0.15) is 56.4 Å². The molecule has 1 aromatic carbocycles. The fourth-order valence-electron chi connectivity index (χ4n) is 5.99. The van der Waals surface area contributed by atoms with E-state index in [1.165, 1.54) is 23.3 Å². The van der Waals surface area contributed by atoms with Crippen molar-refractivity contribution in [3.8, 4) is 11.5 Å². The monoisotopic (exact) mass is 665 g/mol. The number of carbonyl (C=O) groups excluding carboxylic acids is 2. The average Bonchev–Trinajstić information content (AvgIpc) is 3.51. The highest BCUT2D eigenvalue weighted by molar-refractivity contribution is 14.1. The number of aliphatic hydroxyl groups is 2. The number of halogens is 1. The Morgan fingerprint density at radius 2 is 2.08 bits per heavy atom. The Kier molecular flexibility index (Phi) is 9.90. The number of phenolic OH excluding ortho intramolecular Hbond substituents is 1. The number of imide groups is 1. The fraction of sp³-hybridized carbons (Fsp3) is 0.467. The number of hydrogen-bond donors (Lipinski definition) is 3. The van der Waals surface area contributed by atoms with E-state index in [4.69, 9.17) is 4.74 Å². The van der Waals surface area contributed by atoms with Gasteiger partial charge in [0.05, 0.1) is 41.8 Å². The van der Waals surface area contributed by atoms with Crippen LogP contribution in [0.15, 0.2) is 46.4 Å². The first-order chi connectivity index (χ1) is 18.7. The van der Waals surface area contributed by atoms with Crippen molar-refractivity contribution in [1.29, 1.82) is 0 Å². The number of methoxy groups -OCH3 is 1. The lowest BCUT2D eigenvalue weighted by Gasteiger charge is -2.36. The summed E-state index contributed by atoms with van der Waals surface area (Å²) in [7, 11) is 1.51. The van der Waals surface area contributed by atoms with Gasteiger partial charge in [0, 0.05) is 10.8 Å². The van der Waals surface area contributed by atoms with Gasteiger partial charge in [0.2, 0.25) is 11.8 Å². The standard InChI is InChI=1S/C30H36INO6S/c1-4-6-19-14-21-27(30(37)32(29(21)36)15-20-7-5-10-39-20)22(16-33)26(19)24(34)9-8-17(2)11-18-12-23(31)28(35)25(13-18)38-3/h5,7,10-13,21-22,24,27,33-35H,4,6,8-9,14-16H2,1-3H3/b17-11+/t21-,22+,24-,27-/m1/s1. The summed E-state index contributed by atoms with van der Waals surface area (Å²) in [6, 6.07) is 7.46. The summed E-state index contributed by atoms with van der Waals surface area (Å²) in [5.74, 6) is -1.60. The summed E-state index contributed by atoms with van der Waals surface area (Å²) >= 11 is 3.57. The molecule has 3 N–H and O–H groups in total. The molecule has 2 heterocycles. The number of benzene rings is 1. The second-order valence-electron chi connectivity index (χ2n) is 10.4. The van der Waals surface area contributed by atoms with E-state index >= 15 is 0 Å². The largest absolute Gasteiger partial charge is 0.504 e. The first-order valence-electron chi connectivity index (χ1n) is 13.3. The molecule has 0 spiro atoms. The highest BCUT2D eigenvalue weighted by Gasteiger charge is 2.54. The Hall–Kier alpha value is -2.21. The molecular formula is C30H36INO6S. The van der Waals surface area contributed by atoms with Gasteiger partial charge in [-0.1, -0.05) is 36.6 Å². The molecule has 1 aliphatic heterocycles. The second kappa shape index (κ2) is 13.0. The number of rotatable bonds is 11. The van der Waals surface area contributed by atoms with E-state index in [1.807, 2.05) is 36.6 Å². The minimum atomic E-state index is -0.822. The fourth-order valence-corrected chi connectivity index (χ4v) is 7.30. The number of amides is 2. The number of aromatic hydroxyl groups is 1. The van der Waals surface area contributed by atoms with Crippen molar-refractivity contribution in [2.75, 3.05) is 13.7 Å². The van der Waals surface area contributed by atoms with Gasteiger partial charge in [0.1, 0.15) is 0 Å². The van der Waals surface area contributed by atoms with Crippen LogP contribution in [0.4, 0.5) is 0 Å². The number of fused-ring (bicyclic) bond motifs is 1. The number of hydrogen-bond acceptors (Lipinski definition) is 7. The minimum Gasteiger partial charge on any atom is -0.504 e. The number of thiophene rings is 1. The summed E-state index contributed by atoms with van der Waals surface area (Å²) in [6.45, 7) is 4.02. The third-order valence-electron chi connectivity index (χ3n) is 7.77. The minimum absolute atomic E-state index is 0.109. The van der Waals surface area contributed by atoms with Crippen molar-refractivity contribution in [2.45, 2.75) is 58.6 Å².